The van der Waals surface area contributed by atoms with E-state index in [1.165, 1.54) is 13.2 Å². The molecular weight excluding hydrogens is 294 g/mol. The first-order chi connectivity index (χ1) is 9.77. The minimum atomic E-state index is -3.91. The van der Waals surface area contributed by atoms with Gasteiger partial charge in [-0.3, -0.25) is 4.79 Å². The maximum Gasteiger partial charge on any atom is 0.321 e. The van der Waals surface area contributed by atoms with E-state index in [1.807, 2.05) is 13.8 Å². The van der Waals surface area contributed by atoms with Crippen LogP contribution in [0.4, 0.5) is 0 Å². The number of sulfonamides is 1. The number of nitrogens with one attached hydrogen (secondary N) is 1. The Balaban J connectivity index is 3.07. The largest absolute Gasteiger partial charge is 0.480 e. The number of carboxylic acids is 1. The summed E-state index contributed by atoms with van der Waals surface area (Å²) in [5.41, 5.74) is 0.487. The SMILES string of the molecule is COCc1ccccc1S(=O)(=O)NC(CC(C)C)C(=O)O. The molecule has 118 valence electrons. The lowest BCUT2D eigenvalue weighted by Crippen LogP contribution is -2.41. The first kappa shape index (κ1) is 17.6. The number of carbonyl (C=O) groups is 1. The van der Waals surface area contributed by atoms with Gasteiger partial charge < -0.3 is 9.84 Å². The smallest absolute Gasteiger partial charge is 0.321 e. The molecule has 0 amide bonds. The summed E-state index contributed by atoms with van der Waals surface area (Å²) in [6, 6.07) is 5.22. The Labute approximate surface area is 125 Å². The summed E-state index contributed by atoms with van der Waals surface area (Å²) in [7, 11) is -2.45. The number of ether oxygens (including phenoxy) is 1. The predicted octanol–water partition coefficient (Wildman–Crippen LogP) is 1.61. The Kier molecular flexibility index (Phi) is 6.32. The first-order valence-corrected chi connectivity index (χ1v) is 8.08. The molecule has 7 heteroatoms. The van der Waals surface area contributed by atoms with E-state index < -0.39 is 22.0 Å². The number of hydrogen-bond donors (Lipinski definition) is 2. The summed E-state index contributed by atoms with van der Waals surface area (Å²) < 4.78 is 32.0. The lowest BCUT2D eigenvalue weighted by molar-refractivity contribution is -0.139. The van der Waals surface area contributed by atoms with E-state index in [4.69, 9.17) is 9.84 Å². The monoisotopic (exact) mass is 315 g/mol. The molecule has 0 radical (unpaired) electrons. The second kappa shape index (κ2) is 7.53. The van der Waals surface area contributed by atoms with E-state index in [0.29, 0.717) is 5.56 Å². The second-order valence-corrected chi connectivity index (χ2v) is 6.86. The fourth-order valence-electron chi connectivity index (χ4n) is 1.96. The number of hydrogen-bond acceptors (Lipinski definition) is 4. The van der Waals surface area contributed by atoms with Crippen LogP contribution in [-0.4, -0.2) is 32.6 Å². The standard InChI is InChI=1S/C14H21NO5S/c1-10(2)8-12(14(16)17)15-21(18,19)13-7-5-4-6-11(13)9-20-3/h4-7,10,12,15H,8-9H2,1-3H3,(H,16,17). The fourth-order valence-corrected chi connectivity index (χ4v) is 3.39. The Morgan fingerprint density at radius 3 is 2.48 bits per heavy atom. The van der Waals surface area contributed by atoms with Crippen molar-refractivity contribution in [3.63, 3.8) is 0 Å². The third kappa shape index (κ3) is 5.11. The van der Waals surface area contributed by atoms with Crippen molar-refractivity contribution >= 4 is 16.0 Å². The molecule has 0 bridgehead atoms. The Morgan fingerprint density at radius 1 is 1.33 bits per heavy atom. The Bertz CT molecular complexity index is 583. The minimum Gasteiger partial charge on any atom is -0.480 e. The molecule has 0 aliphatic heterocycles. The topological polar surface area (TPSA) is 92.7 Å². The van der Waals surface area contributed by atoms with Gasteiger partial charge in [-0.25, -0.2) is 8.42 Å². The molecule has 1 unspecified atom stereocenters. The molecule has 1 aromatic rings. The zero-order valence-corrected chi connectivity index (χ0v) is 13.2. The lowest BCUT2D eigenvalue weighted by Gasteiger charge is -2.18. The highest BCUT2D eigenvalue weighted by Gasteiger charge is 2.27. The maximum atomic E-state index is 12.4. The summed E-state index contributed by atoms with van der Waals surface area (Å²) >= 11 is 0. The number of rotatable bonds is 8. The molecule has 0 saturated carbocycles. The highest BCUT2D eigenvalue weighted by molar-refractivity contribution is 7.89. The Morgan fingerprint density at radius 2 is 1.95 bits per heavy atom. The van der Waals surface area contributed by atoms with Gasteiger partial charge in [0.05, 0.1) is 11.5 Å². The van der Waals surface area contributed by atoms with E-state index in [2.05, 4.69) is 4.72 Å². The Hall–Kier alpha value is -1.44. The molecule has 6 nitrogen and oxygen atoms in total. The second-order valence-electron chi connectivity index (χ2n) is 5.18. The normalized spacial score (nSPS) is 13.3. The van der Waals surface area contributed by atoms with Crippen LogP contribution in [0.3, 0.4) is 0 Å². The molecule has 0 aliphatic carbocycles. The molecule has 0 heterocycles. The number of methoxy groups -OCH3 is 1. The summed E-state index contributed by atoms with van der Waals surface area (Å²) in [5.74, 6) is -1.13. The molecule has 0 aromatic heterocycles. The molecule has 0 saturated heterocycles. The molecule has 0 spiro atoms. The average molecular weight is 315 g/mol. The number of benzene rings is 1. The molecule has 21 heavy (non-hydrogen) atoms. The van der Waals surface area contributed by atoms with Crippen LogP contribution in [0, 0.1) is 5.92 Å². The molecule has 1 aromatic carbocycles. The van der Waals surface area contributed by atoms with Crippen molar-refractivity contribution in [1.82, 2.24) is 4.72 Å². The third-order valence-corrected chi connectivity index (χ3v) is 4.44. The summed E-state index contributed by atoms with van der Waals surface area (Å²) in [5, 5.41) is 9.15. The minimum absolute atomic E-state index is 0.0434. The number of aliphatic carboxylic acids is 1. The van der Waals surface area contributed by atoms with Crippen LogP contribution in [0.5, 0.6) is 0 Å². The molecule has 2 N–H and O–H groups in total. The van der Waals surface area contributed by atoms with Gasteiger partial charge >= 0.3 is 5.97 Å². The van der Waals surface area contributed by atoms with Gasteiger partial charge in [0.15, 0.2) is 0 Å². The molecular formula is C14H21NO5S. The quantitative estimate of drug-likeness (QED) is 0.760. The van der Waals surface area contributed by atoms with Crippen molar-refractivity contribution in [2.75, 3.05) is 7.11 Å². The van der Waals surface area contributed by atoms with Crippen molar-refractivity contribution in [1.29, 1.82) is 0 Å². The molecule has 0 fully saturated rings. The van der Waals surface area contributed by atoms with Crippen LogP contribution < -0.4 is 4.72 Å². The van der Waals surface area contributed by atoms with E-state index in [-0.39, 0.29) is 23.8 Å². The molecule has 0 aliphatic rings. The lowest BCUT2D eigenvalue weighted by atomic mass is 10.1. The van der Waals surface area contributed by atoms with Crippen molar-refractivity contribution in [3.8, 4) is 0 Å². The van der Waals surface area contributed by atoms with Gasteiger partial charge in [-0.15, -0.1) is 0 Å². The van der Waals surface area contributed by atoms with Crippen molar-refractivity contribution in [2.45, 2.75) is 37.8 Å². The highest BCUT2D eigenvalue weighted by Crippen LogP contribution is 2.17. The number of carboxylic acid groups (broad SMARTS) is 1. The van der Waals surface area contributed by atoms with Crippen molar-refractivity contribution < 1.29 is 23.1 Å². The molecule has 1 atom stereocenters. The van der Waals surface area contributed by atoms with Crippen LogP contribution in [0.1, 0.15) is 25.8 Å². The van der Waals surface area contributed by atoms with Crippen LogP contribution in [-0.2, 0) is 26.2 Å². The van der Waals surface area contributed by atoms with Gasteiger partial charge in [0, 0.05) is 7.11 Å². The van der Waals surface area contributed by atoms with Crippen LogP contribution in [0.15, 0.2) is 29.2 Å². The van der Waals surface area contributed by atoms with Crippen molar-refractivity contribution in [2.24, 2.45) is 5.92 Å². The summed E-state index contributed by atoms with van der Waals surface area (Å²) in [6.07, 6.45) is 0.223. The van der Waals surface area contributed by atoms with Gasteiger partial charge in [0.1, 0.15) is 6.04 Å². The van der Waals surface area contributed by atoms with Gasteiger partial charge in [-0.2, -0.15) is 4.72 Å². The van der Waals surface area contributed by atoms with Gasteiger partial charge in [0.2, 0.25) is 10.0 Å². The predicted molar refractivity (Wildman–Crippen MR) is 78.4 cm³/mol. The van der Waals surface area contributed by atoms with Gasteiger partial charge in [-0.1, -0.05) is 32.0 Å². The maximum absolute atomic E-state index is 12.4. The van der Waals surface area contributed by atoms with E-state index in [9.17, 15) is 13.2 Å². The third-order valence-electron chi connectivity index (χ3n) is 2.86. The average Bonchev–Trinajstić information content (AvgIpc) is 2.38. The van der Waals surface area contributed by atoms with E-state index >= 15 is 0 Å². The van der Waals surface area contributed by atoms with Crippen LogP contribution >= 0.6 is 0 Å². The van der Waals surface area contributed by atoms with Gasteiger partial charge in [0.25, 0.3) is 0 Å². The van der Waals surface area contributed by atoms with Crippen LogP contribution in [0.2, 0.25) is 0 Å². The van der Waals surface area contributed by atoms with E-state index in [0.717, 1.165) is 0 Å². The highest BCUT2D eigenvalue weighted by atomic mass is 32.2. The van der Waals surface area contributed by atoms with Crippen molar-refractivity contribution in [3.05, 3.63) is 29.8 Å². The zero-order valence-electron chi connectivity index (χ0n) is 12.4. The first-order valence-electron chi connectivity index (χ1n) is 6.60. The van der Waals surface area contributed by atoms with E-state index in [1.54, 1.807) is 18.2 Å². The summed E-state index contributed by atoms with van der Waals surface area (Å²) in [4.78, 5) is 11.2. The van der Waals surface area contributed by atoms with Gasteiger partial charge in [-0.05, 0) is 24.0 Å². The summed E-state index contributed by atoms with van der Waals surface area (Å²) in [6.45, 7) is 3.81. The fraction of sp³-hybridized carbons (Fsp3) is 0.500. The molecule has 1 rings (SSSR count). The zero-order chi connectivity index (χ0) is 16.0. The van der Waals surface area contributed by atoms with Crippen LogP contribution in [0.25, 0.3) is 0 Å².